The van der Waals surface area contributed by atoms with Crippen LogP contribution in [0.4, 0.5) is 5.69 Å². The quantitative estimate of drug-likeness (QED) is 0.501. The number of carbonyl (C=O) groups is 1. The first-order chi connectivity index (χ1) is 7.58. The van der Waals surface area contributed by atoms with Gasteiger partial charge in [0.05, 0.1) is 25.5 Å². The molecule has 6 heteroatoms. The maximum absolute atomic E-state index is 11.4. The third-order valence-corrected chi connectivity index (χ3v) is 1.92. The van der Waals surface area contributed by atoms with Crippen molar-refractivity contribution in [2.45, 2.75) is 6.41 Å². The minimum Gasteiger partial charge on any atom is -0.497 e. The Kier molecular flexibility index (Phi) is 4.10. The van der Waals surface area contributed by atoms with E-state index in [-0.39, 0.29) is 11.3 Å². The predicted molar refractivity (Wildman–Crippen MR) is 56.2 cm³/mol. The van der Waals surface area contributed by atoms with Gasteiger partial charge in [-0.15, -0.1) is 0 Å². The SMILES string of the molecule is COC(=O)c1cc(OC)ccc1NC(O)O. The van der Waals surface area contributed by atoms with Gasteiger partial charge in [-0.2, -0.15) is 0 Å². The van der Waals surface area contributed by atoms with Gasteiger partial charge in [-0.05, 0) is 18.2 Å². The molecule has 0 heterocycles. The fourth-order valence-electron chi connectivity index (χ4n) is 1.19. The fraction of sp³-hybridized carbons (Fsp3) is 0.300. The van der Waals surface area contributed by atoms with Crippen molar-refractivity contribution in [1.29, 1.82) is 0 Å². The number of hydrogen-bond donors (Lipinski definition) is 3. The van der Waals surface area contributed by atoms with Crippen LogP contribution in [0.5, 0.6) is 5.75 Å². The number of rotatable bonds is 4. The molecular formula is C10H13NO5. The number of esters is 1. The molecule has 0 bridgehead atoms. The van der Waals surface area contributed by atoms with E-state index in [1.54, 1.807) is 6.07 Å². The summed E-state index contributed by atoms with van der Waals surface area (Å²) in [5.74, 6) is -0.125. The Morgan fingerprint density at radius 2 is 2.06 bits per heavy atom. The average molecular weight is 227 g/mol. The molecule has 0 amide bonds. The molecule has 0 aromatic heterocycles. The van der Waals surface area contributed by atoms with Gasteiger partial charge in [-0.1, -0.05) is 0 Å². The third-order valence-electron chi connectivity index (χ3n) is 1.92. The summed E-state index contributed by atoms with van der Waals surface area (Å²) in [5, 5.41) is 19.8. The summed E-state index contributed by atoms with van der Waals surface area (Å²) >= 11 is 0. The molecule has 0 unspecified atom stereocenters. The van der Waals surface area contributed by atoms with E-state index in [1.165, 1.54) is 26.4 Å². The average Bonchev–Trinajstić information content (AvgIpc) is 2.28. The van der Waals surface area contributed by atoms with E-state index in [9.17, 15) is 4.79 Å². The van der Waals surface area contributed by atoms with Crippen molar-refractivity contribution in [3.05, 3.63) is 23.8 Å². The summed E-state index contributed by atoms with van der Waals surface area (Å²) in [5.41, 5.74) is 0.414. The fourth-order valence-corrected chi connectivity index (χ4v) is 1.19. The second-order valence-corrected chi connectivity index (χ2v) is 2.92. The van der Waals surface area contributed by atoms with Crippen LogP contribution in [0.15, 0.2) is 18.2 Å². The molecule has 0 radical (unpaired) electrons. The Morgan fingerprint density at radius 1 is 1.38 bits per heavy atom. The van der Waals surface area contributed by atoms with Gasteiger partial charge in [0.1, 0.15) is 5.75 Å². The van der Waals surface area contributed by atoms with Gasteiger partial charge in [0.2, 0.25) is 6.41 Å². The van der Waals surface area contributed by atoms with Crippen molar-refractivity contribution >= 4 is 11.7 Å². The van der Waals surface area contributed by atoms with E-state index in [0.717, 1.165) is 0 Å². The zero-order valence-corrected chi connectivity index (χ0v) is 8.93. The van der Waals surface area contributed by atoms with Crippen LogP contribution >= 0.6 is 0 Å². The first-order valence-corrected chi connectivity index (χ1v) is 4.47. The minimum atomic E-state index is -1.75. The highest BCUT2D eigenvalue weighted by atomic mass is 16.5. The topological polar surface area (TPSA) is 88.0 Å². The molecule has 0 saturated heterocycles. The van der Waals surface area contributed by atoms with Crippen LogP contribution in [0.3, 0.4) is 0 Å². The Morgan fingerprint density at radius 3 is 2.56 bits per heavy atom. The number of methoxy groups -OCH3 is 2. The highest BCUT2D eigenvalue weighted by Gasteiger charge is 2.14. The summed E-state index contributed by atoms with van der Waals surface area (Å²) in [6.07, 6.45) is -1.75. The van der Waals surface area contributed by atoms with E-state index < -0.39 is 12.4 Å². The molecule has 0 aliphatic heterocycles. The maximum Gasteiger partial charge on any atom is 0.340 e. The monoisotopic (exact) mass is 227 g/mol. The standard InChI is InChI=1S/C10H13NO5/c1-15-6-3-4-8(11-10(13)14)7(5-6)9(12)16-2/h3-5,10-11,13-14H,1-2H3. The van der Waals surface area contributed by atoms with Crippen molar-refractivity contribution < 1.29 is 24.5 Å². The van der Waals surface area contributed by atoms with Crippen LogP contribution < -0.4 is 10.1 Å². The zero-order valence-electron chi connectivity index (χ0n) is 8.93. The van der Waals surface area contributed by atoms with E-state index in [2.05, 4.69) is 10.1 Å². The predicted octanol–water partition coefficient (Wildman–Crippen LogP) is 0.162. The van der Waals surface area contributed by atoms with Gasteiger partial charge < -0.3 is 25.0 Å². The molecule has 1 aromatic rings. The van der Waals surface area contributed by atoms with Crippen LogP contribution in [0, 0.1) is 0 Å². The number of ether oxygens (including phenoxy) is 2. The molecule has 88 valence electrons. The summed E-state index contributed by atoms with van der Waals surface area (Å²) < 4.78 is 9.51. The summed E-state index contributed by atoms with van der Waals surface area (Å²) in [4.78, 5) is 11.4. The maximum atomic E-state index is 11.4. The molecule has 1 rings (SSSR count). The van der Waals surface area contributed by atoms with Crippen molar-refractivity contribution in [3.63, 3.8) is 0 Å². The van der Waals surface area contributed by atoms with E-state index in [0.29, 0.717) is 5.75 Å². The minimum absolute atomic E-state index is 0.162. The van der Waals surface area contributed by atoms with Gasteiger partial charge >= 0.3 is 5.97 Å². The number of nitrogens with one attached hydrogen (secondary N) is 1. The van der Waals surface area contributed by atoms with E-state index >= 15 is 0 Å². The molecule has 0 aliphatic rings. The number of carbonyl (C=O) groups excluding carboxylic acids is 1. The molecule has 0 fully saturated rings. The number of benzene rings is 1. The summed E-state index contributed by atoms with van der Waals surface area (Å²) in [7, 11) is 2.70. The van der Waals surface area contributed by atoms with Crippen molar-refractivity contribution in [2.75, 3.05) is 19.5 Å². The molecule has 0 spiro atoms. The Hall–Kier alpha value is -1.79. The third kappa shape index (κ3) is 2.85. The largest absolute Gasteiger partial charge is 0.497 e. The number of anilines is 1. The number of hydrogen-bond acceptors (Lipinski definition) is 6. The normalized spacial score (nSPS) is 10.1. The first kappa shape index (κ1) is 12.3. The molecule has 0 aliphatic carbocycles. The smallest absolute Gasteiger partial charge is 0.340 e. The lowest BCUT2D eigenvalue weighted by atomic mass is 10.1. The molecule has 0 saturated carbocycles. The Bertz CT molecular complexity index is 377. The molecule has 0 atom stereocenters. The van der Waals surface area contributed by atoms with Crippen LogP contribution in [-0.4, -0.2) is 36.8 Å². The molecule has 3 N–H and O–H groups in total. The molecule has 6 nitrogen and oxygen atoms in total. The second-order valence-electron chi connectivity index (χ2n) is 2.92. The van der Waals surface area contributed by atoms with Crippen molar-refractivity contribution in [2.24, 2.45) is 0 Å². The first-order valence-electron chi connectivity index (χ1n) is 4.47. The lowest BCUT2D eigenvalue weighted by Crippen LogP contribution is -2.19. The highest BCUT2D eigenvalue weighted by Crippen LogP contribution is 2.23. The van der Waals surface area contributed by atoms with Gasteiger partial charge in [0.15, 0.2) is 0 Å². The Labute approximate surface area is 92.4 Å². The second kappa shape index (κ2) is 5.34. The zero-order chi connectivity index (χ0) is 12.1. The van der Waals surface area contributed by atoms with Crippen LogP contribution in [0.25, 0.3) is 0 Å². The van der Waals surface area contributed by atoms with Gasteiger partial charge in [-0.25, -0.2) is 4.79 Å². The molecular weight excluding hydrogens is 214 g/mol. The van der Waals surface area contributed by atoms with E-state index in [1.807, 2.05) is 0 Å². The van der Waals surface area contributed by atoms with Crippen LogP contribution in [0.1, 0.15) is 10.4 Å². The number of aliphatic hydroxyl groups is 2. The lowest BCUT2D eigenvalue weighted by molar-refractivity contribution is -0.0147. The lowest BCUT2D eigenvalue weighted by Gasteiger charge is -2.13. The van der Waals surface area contributed by atoms with Crippen molar-refractivity contribution in [1.82, 2.24) is 0 Å². The van der Waals surface area contributed by atoms with Gasteiger partial charge in [0.25, 0.3) is 0 Å². The van der Waals surface area contributed by atoms with Gasteiger partial charge in [-0.3, -0.25) is 0 Å². The van der Waals surface area contributed by atoms with Crippen molar-refractivity contribution in [3.8, 4) is 5.75 Å². The summed E-state index contributed by atoms with van der Waals surface area (Å²) in [6, 6.07) is 4.51. The summed E-state index contributed by atoms with van der Waals surface area (Å²) in [6.45, 7) is 0. The molecule has 16 heavy (non-hydrogen) atoms. The van der Waals surface area contributed by atoms with Crippen LogP contribution in [-0.2, 0) is 4.74 Å². The Balaban J connectivity index is 3.11. The van der Waals surface area contributed by atoms with E-state index in [4.69, 9.17) is 14.9 Å². The van der Waals surface area contributed by atoms with Crippen LogP contribution in [0.2, 0.25) is 0 Å². The molecule has 1 aromatic carbocycles. The number of aliphatic hydroxyl groups excluding tert-OH is 1. The highest BCUT2D eigenvalue weighted by molar-refractivity contribution is 5.96. The van der Waals surface area contributed by atoms with Gasteiger partial charge in [0, 0.05) is 0 Å².